The Morgan fingerprint density at radius 1 is 1.22 bits per heavy atom. The van der Waals surface area contributed by atoms with Gasteiger partial charge >= 0.3 is 12.1 Å². The molecule has 1 aromatic rings. The van der Waals surface area contributed by atoms with Crippen LogP contribution in [0.1, 0.15) is 44.4 Å². The molecule has 0 bridgehead atoms. The van der Waals surface area contributed by atoms with Gasteiger partial charge in [0.1, 0.15) is 17.1 Å². The number of rotatable bonds is 3. The molecule has 0 unspecified atom stereocenters. The fourth-order valence-electron chi connectivity index (χ4n) is 2.08. The molecule has 1 aromatic carbocycles. The van der Waals surface area contributed by atoms with Gasteiger partial charge in [-0.05, 0) is 64.3 Å². The van der Waals surface area contributed by atoms with Gasteiger partial charge in [-0.2, -0.15) is 0 Å². The molecule has 6 heteroatoms. The molecule has 1 rings (SSSR count). The highest BCUT2D eigenvalue weighted by molar-refractivity contribution is 5.99. The van der Waals surface area contributed by atoms with Gasteiger partial charge in [0, 0.05) is 5.56 Å². The Balaban J connectivity index is 3.33. The van der Waals surface area contributed by atoms with Crippen molar-refractivity contribution in [2.45, 2.75) is 47.1 Å². The number of hydrogen-bond donors (Lipinski definition) is 2. The summed E-state index contributed by atoms with van der Waals surface area (Å²) in [6.45, 7) is 9.93. The van der Waals surface area contributed by atoms with Crippen LogP contribution in [0, 0.1) is 19.7 Å². The van der Waals surface area contributed by atoms with E-state index in [1.54, 1.807) is 40.7 Å². The van der Waals surface area contributed by atoms with Gasteiger partial charge in [-0.25, -0.2) is 14.0 Å². The van der Waals surface area contributed by atoms with E-state index in [9.17, 15) is 19.1 Å². The van der Waals surface area contributed by atoms with Gasteiger partial charge in [-0.15, -0.1) is 0 Å². The van der Waals surface area contributed by atoms with Crippen molar-refractivity contribution in [2.75, 3.05) is 0 Å². The molecule has 0 aliphatic carbocycles. The maximum absolute atomic E-state index is 14.1. The van der Waals surface area contributed by atoms with Crippen molar-refractivity contribution in [1.29, 1.82) is 0 Å². The van der Waals surface area contributed by atoms with Crippen molar-refractivity contribution in [2.24, 2.45) is 0 Å². The Morgan fingerprint density at radius 3 is 2.26 bits per heavy atom. The predicted molar refractivity (Wildman–Crippen MR) is 85.5 cm³/mol. The molecule has 23 heavy (non-hydrogen) atoms. The van der Waals surface area contributed by atoms with Gasteiger partial charge in [-0.1, -0.05) is 6.07 Å². The summed E-state index contributed by atoms with van der Waals surface area (Å²) < 4.78 is 19.2. The maximum atomic E-state index is 14.1. The number of amides is 1. The maximum Gasteiger partial charge on any atom is 0.412 e. The van der Waals surface area contributed by atoms with Gasteiger partial charge in [0.05, 0.1) is 0 Å². The molecule has 1 amide bonds. The zero-order chi connectivity index (χ0) is 17.9. The third-order valence-electron chi connectivity index (χ3n) is 3.27. The first-order valence-electron chi connectivity index (χ1n) is 7.14. The van der Waals surface area contributed by atoms with Crippen molar-refractivity contribution in [3.63, 3.8) is 0 Å². The highest BCUT2D eigenvalue weighted by atomic mass is 19.1. The van der Waals surface area contributed by atoms with Crippen LogP contribution in [0.2, 0.25) is 0 Å². The fraction of sp³-hybridized carbons (Fsp3) is 0.412. The first kappa shape index (κ1) is 18.7. The average Bonchev–Trinajstić information content (AvgIpc) is 2.38. The molecule has 5 nitrogen and oxygen atoms in total. The minimum absolute atomic E-state index is 0.127. The molecule has 0 aliphatic rings. The summed E-state index contributed by atoms with van der Waals surface area (Å²) in [6.07, 6.45) is -0.903. The quantitative estimate of drug-likeness (QED) is 0.830. The lowest BCUT2D eigenvalue weighted by atomic mass is 9.96. The molecule has 0 spiro atoms. The molecule has 0 fully saturated rings. The number of alkyl carbamates (subject to hydrolysis) is 1. The van der Waals surface area contributed by atoms with Crippen molar-refractivity contribution in [1.82, 2.24) is 5.32 Å². The molecule has 0 heterocycles. The van der Waals surface area contributed by atoms with Crippen LogP contribution in [0.3, 0.4) is 0 Å². The molecule has 2 N–H and O–H groups in total. The van der Waals surface area contributed by atoms with E-state index in [0.29, 0.717) is 5.56 Å². The Morgan fingerprint density at radius 2 is 1.78 bits per heavy atom. The average molecular weight is 323 g/mol. The Bertz CT molecular complexity index is 672. The van der Waals surface area contributed by atoms with E-state index in [2.05, 4.69) is 5.32 Å². The molecule has 0 saturated carbocycles. The van der Waals surface area contributed by atoms with Crippen molar-refractivity contribution < 1.29 is 23.8 Å². The molecule has 0 saturated heterocycles. The zero-order valence-electron chi connectivity index (χ0n) is 14.2. The molecule has 0 aliphatic heterocycles. The van der Waals surface area contributed by atoms with E-state index in [4.69, 9.17) is 4.74 Å². The minimum Gasteiger partial charge on any atom is -0.477 e. The number of carboxylic acids is 1. The molecule has 0 aromatic heterocycles. The smallest absolute Gasteiger partial charge is 0.412 e. The summed E-state index contributed by atoms with van der Waals surface area (Å²) in [7, 11) is 0. The summed E-state index contributed by atoms with van der Waals surface area (Å²) in [4.78, 5) is 23.3. The number of nitrogens with one attached hydrogen (secondary N) is 1. The number of carbonyl (C=O) groups is 2. The standard InChI is InChI=1S/C17H22FNO4/c1-9-7-8-12(18)13(10(9)2)11(3)14(15(20)21)19-16(22)23-17(4,5)6/h7-8H,1-6H3,(H,19,22)(H,20,21)/b14-11-. The number of carboxylic acid groups (broad SMARTS) is 1. The van der Waals surface area contributed by atoms with Crippen molar-refractivity contribution in [3.05, 3.63) is 40.3 Å². The number of aliphatic carboxylic acids is 1. The van der Waals surface area contributed by atoms with Gasteiger partial charge in [0.2, 0.25) is 0 Å². The Hall–Kier alpha value is -2.37. The molecular formula is C17H22FNO4. The summed E-state index contributed by atoms with van der Waals surface area (Å²) in [6, 6.07) is 2.89. The van der Waals surface area contributed by atoms with Crippen LogP contribution in [-0.2, 0) is 9.53 Å². The van der Waals surface area contributed by atoms with Crippen LogP contribution in [0.5, 0.6) is 0 Å². The van der Waals surface area contributed by atoms with E-state index in [-0.39, 0.29) is 11.1 Å². The molecule has 0 atom stereocenters. The largest absolute Gasteiger partial charge is 0.477 e. The lowest BCUT2D eigenvalue weighted by Crippen LogP contribution is -2.34. The zero-order valence-corrected chi connectivity index (χ0v) is 14.2. The second-order valence-corrected chi connectivity index (χ2v) is 6.30. The molecule has 126 valence electrons. The lowest BCUT2D eigenvalue weighted by Gasteiger charge is -2.20. The third kappa shape index (κ3) is 4.81. The lowest BCUT2D eigenvalue weighted by molar-refractivity contribution is -0.133. The highest BCUT2D eigenvalue weighted by Crippen LogP contribution is 2.26. The number of halogens is 1. The Labute approximate surface area is 135 Å². The highest BCUT2D eigenvalue weighted by Gasteiger charge is 2.23. The number of ether oxygens (including phenoxy) is 1. The minimum atomic E-state index is -1.37. The van der Waals surface area contributed by atoms with E-state index < -0.39 is 29.2 Å². The van der Waals surface area contributed by atoms with E-state index >= 15 is 0 Å². The van der Waals surface area contributed by atoms with Crippen molar-refractivity contribution in [3.8, 4) is 0 Å². The predicted octanol–water partition coefficient (Wildman–Crippen LogP) is 3.78. The van der Waals surface area contributed by atoms with Crippen LogP contribution in [-0.4, -0.2) is 22.8 Å². The fourth-order valence-corrected chi connectivity index (χ4v) is 2.08. The number of benzene rings is 1. The van der Waals surface area contributed by atoms with Crippen LogP contribution in [0.4, 0.5) is 9.18 Å². The SMILES string of the molecule is C/C(=C(/NC(=O)OC(C)(C)C)C(=O)O)c1c(F)ccc(C)c1C. The van der Waals surface area contributed by atoms with E-state index in [0.717, 1.165) is 5.56 Å². The second-order valence-electron chi connectivity index (χ2n) is 6.30. The normalized spacial score (nSPS) is 12.5. The summed E-state index contributed by atoms with van der Waals surface area (Å²) >= 11 is 0. The number of carbonyl (C=O) groups excluding carboxylic acids is 1. The van der Waals surface area contributed by atoms with Gasteiger partial charge in [0.15, 0.2) is 0 Å². The first-order valence-corrected chi connectivity index (χ1v) is 7.14. The number of allylic oxidation sites excluding steroid dienone is 1. The number of hydrogen-bond acceptors (Lipinski definition) is 3. The van der Waals surface area contributed by atoms with Crippen LogP contribution in [0.15, 0.2) is 17.8 Å². The van der Waals surface area contributed by atoms with E-state index in [1.807, 2.05) is 0 Å². The molecule has 0 radical (unpaired) electrons. The summed E-state index contributed by atoms with van der Waals surface area (Å²) in [5.41, 5.74) is 0.550. The van der Waals surface area contributed by atoms with Gasteiger partial charge in [-0.3, -0.25) is 5.32 Å². The second kappa shape index (κ2) is 6.81. The summed E-state index contributed by atoms with van der Waals surface area (Å²) in [5, 5.41) is 11.6. The van der Waals surface area contributed by atoms with E-state index in [1.165, 1.54) is 13.0 Å². The van der Waals surface area contributed by atoms with Crippen molar-refractivity contribution >= 4 is 17.6 Å². The first-order chi connectivity index (χ1) is 10.4. The monoisotopic (exact) mass is 323 g/mol. The number of aryl methyl sites for hydroxylation is 1. The topological polar surface area (TPSA) is 75.6 Å². The summed E-state index contributed by atoms with van der Waals surface area (Å²) in [5.74, 6) is -1.91. The molecular weight excluding hydrogens is 301 g/mol. The van der Waals surface area contributed by atoms with Gasteiger partial charge < -0.3 is 9.84 Å². The van der Waals surface area contributed by atoms with Gasteiger partial charge in [0.25, 0.3) is 0 Å². The van der Waals surface area contributed by atoms with Crippen LogP contribution < -0.4 is 5.32 Å². The van der Waals surface area contributed by atoms with Crippen LogP contribution in [0.25, 0.3) is 5.57 Å². The van der Waals surface area contributed by atoms with Crippen LogP contribution >= 0.6 is 0 Å². The Kier molecular flexibility index (Phi) is 5.53. The third-order valence-corrected chi connectivity index (χ3v) is 3.27.